The average molecular weight is 365 g/mol. The van der Waals surface area contributed by atoms with Crippen LogP contribution in [0.3, 0.4) is 0 Å². The number of hydrogen-bond acceptors (Lipinski definition) is 8. The summed E-state index contributed by atoms with van der Waals surface area (Å²) in [6, 6.07) is 10.5. The van der Waals surface area contributed by atoms with Gasteiger partial charge in [0.2, 0.25) is 0 Å². The van der Waals surface area contributed by atoms with Crippen LogP contribution in [0.25, 0.3) is 0 Å². The van der Waals surface area contributed by atoms with E-state index in [9.17, 15) is 40.5 Å². The molecule has 13 nitrogen and oxygen atoms in total. The summed E-state index contributed by atoms with van der Waals surface area (Å²) >= 11 is 0. The molecule has 0 fully saturated rings. The summed E-state index contributed by atoms with van der Waals surface area (Å²) in [5.41, 5.74) is -0.301. The molecule has 13 heteroatoms. The molecule has 2 aromatic rings. The van der Waals surface area contributed by atoms with Crippen molar-refractivity contribution in [2.75, 3.05) is 5.43 Å². The van der Waals surface area contributed by atoms with Gasteiger partial charge in [-0.15, -0.1) is 5.43 Å². The summed E-state index contributed by atoms with van der Waals surface area (Å²) in [5, 5.41) is 41.0. The summed E-state index contributed by atoms with van der Waals surface area (Å²) in [6.45, 7) is 1.27. The number of hydrogen-bond donors (Lipinski definition) is 1. The molecule has 0 unspecified atom stereocenters. The largest absolute Gasteiger partial charge is 0.422 e. The van der Waals surface area contributed by atoms with Gasteiger partial charge in [-0.2, -0.15) is 0 Å². The van der Waals surface area contributed by atoms with Crippen molar-refractivity contribution >= 4 is 22.7 Å². The zero-order valence-electron chi connectivity index (χ0n) is 13.1. The van der Waals surface area contributed by atoms with E-state index in [1.807, 2.05) is 5.43 Å². The molecule has 0 saturated heterocycles. The molecular formula is C13H11N5O8. The Balaban J connectivity index is 0.000000289. The van der Waals surface area contributed by atoms with Gasteiger partial charge in [0, 0.05) is 11.6 Å². The Morgan fingerprint density at radius 2 is 1.27 bits per heavy atom. The summed E-state index contributed by atoms with van der Waals surface area (Å²) in [4.78, 5) is 38.4. The lowest BCUT2D eigenvalue weighted by atomic mass is 10.1. The number of anilines is 1. The van der Waals surface area contributed by atoms with Gasteiger partial charge >= 0.3 is 17.1 Å². The lowest BCUT2D eigenvalue weighted by Crippen LogP contribution is -2.06. The summed E-state index contributed by atoms with van der Waals surface area (Å²) in [7, 11) is 0. The van der Waals surface area contributed by atoms with Gasteiger partial charge in [0.05, 0.1) is 14.8 Å². The highest BCUT2D eigenvalue weighted by molar-refractivity contribution is 5.68. The van der Waals surface area contributed by atoms with E-state index < -0.39 is 36.9 Å². The van der Waals surface area contributed by atoms with Crippen LogP contribution in [-0.4, -0.2) is 19.8 Å². The van der Waals surface area contributed by atoms with Crippen molar-refractivity contribution in [2.45, 2.75) is 6.92 Å². The first kappa shape index (κ1) is 19.9. The molecule has 0 bridgehead atoms. The van der Waals surface area contributed by atoms with Crippen LogP contribution >= 0.6 is 0 Å². The van der Waals surface area contributed by atoms with Crippen molar-refractivity contribution < 1.29 is 19.8 Å². The molecule has 0 aliphatic carbocycles. The predicted molar refractivity (Wildman–Crippen MR) is 88.2 cm³/mol. The van der Waals surface area contributed by atoms with Crippen LogP contribution in [0.2, 0.25) is 0 Å². The van der Waals surface area contributed by atoms with E-state index >= 15 is 0 Å². The SMILES string of the molecule is Cc1ccc([N+](=O)[O-])c([N+](=O)[O-])c1[N+](=O)[O-].O=[N+]([O-])Nc1ccccc1. The van der Waals surface area contributed by atoms with Gasteiger partial charge in [0.15, 0.2) is 5.03 Å². The van der Waals surface area contributed by atoms with Crippen molar-refractivity contribution in [3.8, 4) is 0 Å². The highest BCUT2D eigenvalue weighted by atomic mass is 16.7. The number of hydrazine groups is 1. The minimum Gasteiger partial charge on any atom is -0.258 e. The summed E-state index contributed by atoms with van der Waals surface area (Å²) < 4.78 is 0. The molecule has 1 N–H and O–H groups in total. The van der Waals surface area contributed by atoms with Crippen molar-refractivity contribution in [3.63, 3.8) is 0 Å². The van der Waals surface area contributed by atoms with Gasteiger partial charge in [0.1, 0.15) is 5.69 Å². The maximum Gasteiger partial charge on any atom is 0.422 e. The zero-order chi connectivity index (χ0) is 19.9. The van der Waals surface area contributed by atoms with E-state index in [1.54, 1.807) is 30.3 Å². The van der Waals surface area contributed by atoms with Crippen LogP contribution in [-0.2, 0) is 0 Å². The lowest BCUT2D eigenvalue weighted by Gasteiger charge is -1.98. The minimum absolute atomic E-state index is 0.00213. The number of nitro groups is 4. The predicted octanol–water partition coefficient (Wildman–Crippen LogP) is 3.01. The van der Waals surface area contributed by atoms with Gasteiger partial charge in [-0.1, -0.05) is 18.2 Å². The number of aryl methyl sites for hydroxylation is 1. The van der Waals surface area contributed by atoms with E-state index in [1.165, 1.54) is 6.92 Å². The third-order valence-corrected chi connectivity index (χ3v) is 2.89. The third-order valence-electron chi connectivity index (χ3n) is 2.89. The molecule has 0 aliphatic rings. The molecule has 0 amide bonds. The van der Waals surface area contributed by atoms with Crippen molar-refractivity contribution in [1.82, 2.24) is 0 Å². The van der Waals surface area contributed by atoms with E-state index in [4.69, 9.17) is 0 Å². The molecule has 0 heterocycles. The summed E-state index contributed by atoms with van der Waals surface area (Å²) in [5.74, 6) is 0. The van der Waals surface area contributed by atoms with Crippen molar-refractivity contribution in [2.24, 2.45) is 0 Å². The smallest absolute Gasteiger partial charge is 0.258 e. The van der Waals surface area contributed by atoms with Crippen LogP contribution in [0.4, 0.5) is 22.7 Å². The molecular weight excluding hydrogens is 354 g/mol. The van der Waals surface area contributed by atoms with Crippen LogP contribution in [0.5, 0.6) is 0 Å². The molecule has 0 spiro atoms. The van der Waals surface area contributed by atoms with E-state index in [-0.39, 0.29) is 5.56 Å². The Bertz CT molecular complexity index is 855. The second-order valence-corrected chi connectivity index (χ2v) is 4.61. The van der Waals surface area contributed by atoms with Gasteiger partial charge in [-0.25, -0.2) is 10.1 Å². The first-order valence-electron chi connectivity index (χ1n) is 6.68. The molecule has 136 valence electrons. The van der Waals surface area contributed by atoms with E-state index in [0.29, 0.717) is 5.69 Å². The van der Waals surface area contributed by atoms with Gasteiger partial charge in [-0.3, -0.25) is 30.3 Å². The maximum atomic E-state index is 10.6. The van der Waals surface area contributed by atoms with E-state index in [0.717, 1.165) is 12.1 Å². The van der Waals surface area contributed by atoms with Crippen LogP contribution in [0.15, 0.2) is 42.5 Å². The molecule has 0 aromatic heterocycles. The molecule has 0 saturated carbocycles. The number of nitro benzene ring substituents is 3. The first-order valence-corrected chi connectivity index (χ1v) is 6.68. The van der Waals surface area contributed by atoms with Crippen LogP contribution in [0, 0.1) is 47.4 Å². The van der Waals surface area contributed by atoms with Gasteiger partial charge in [0.25, 0.3) is 0 Å². The second kappa shape index (κ2) is 8.62. The Kier molecular flexibility index (Phi) is 6.60. The maximum absolute atomic E-state index is 10.6. The molecule has 0 radical (unpaired) electrons. The quantitative estimate of drug-likeness (QED) is 0.614. The molecule has 0 aliphatic heterocycles. The number of nitrogens with zero attached hydrogens (tertiary/aromatic N) is 4. The molecule has 2 rings (SSSR count). The van der Waals surface area contributed by atoms with Gasteiger partial charge < -0.3 is 0 Å². The Morgan fingerprint density at radius 1 is 0.731 bits per heavy atom. The number of nitrogens with one attached hydrogen (secondary N) is 1. The Morgan fingerprint density at radius 3 is 1.69 bits per heavy atom. The highest BCUT2D eigenvalue weighted by Gasteiger charge is 2.37. The second-order valence-electron chi connectivity index (χ2n) is 4.61. The third kappa shape index (κ3) is 5.19. The fourth-order valence-electron chi connectivity index (χ4n) is 1.85. The summed E-state index contributed by atoms with van der Waals surface area (Å²) in [6.07, 6.45) is 0. The fraction of sp³-hybridized carbons (Fsp3) is 0.0769. The molecule has 26 heavy (non-hydrogen) atoms. The average Bonchev–Trinajstić information content (AvgIpc) is 2.54. The Labute approximate surface area is 144 Å². The number of para-hydroxylation sites is 1. The number of benzene rings is 2. The van der Waals surface area contributed by atoms with E-state index in [2.05, 4.69) is 0 Å². The van der Waals surface area contributed by atoms with Crippen LogP contribution in [0.1, 0.15) is 5.56 Å². The fourth-order valence-corrected chi connectivity index (χ4v) is 1.85. The minimum atomic E-state index is -1.12. The zero-order valence-corrected chi connectivity index (χ0v) is 13.1. The highest BCUT2D eigenvalue weighted by Crippen LogP contribution is 2.38. The first-order chi connectivity index (χ1) is 12.1. The topological polar surface area (TPSA) is 185 Å². The van der Waals surface area contributed by atoms with Crippen molar-refractivity contribution in [3.05, 3.63) is 88.5 Å². The standard InChI is InChI=1S/C7H5N3O6.C6H6N2O2/c1-4-2-3-5(8(11)12)7(10(15)16)6(4)9(13)14;9-8(10)7-6-4-2-1-3-5-6/h2-3H,1H3;1-5,7H. The Hall–Kier alpha value is -4.16. The monoisotopic (exact) mass is 365 g/mol. The number of rotatable bonds is 5. The van der Waals surface area contributed by atoms with Crippen molar-refractivity contribution in [1.29, 1.82) is 0 Å². The van der Waals surface area contributed by atoms with Crippen LogP contribution < -0.4 is 5.43 Å². The lowest BCUT2D eigenvalue weighted by molar-refractivity contribution is -0.445. The normalized spacial score (nSPS) is 9.42. The van der Waals surface area contributed by atoms with Gasteiger partial charge in [-0.05, 0) is 25.1 Å². The molecule has 2 aromatic carbocycles. The molecule has 0 atom stereocenters.